The Balaban J connectivity index is 2.22. The lowest BCUT2D eigenvalue weighted by Crippen LogP contribution is -2.45. The third-order valence-electron chi connectivity index (χ3n) is 4.24. The molecular weight excluding hydrogens is 410 g/mol. The lowest BCUT2D eigenvalue weighted by Gasteiger charge is -2.27. The van der Waals surface area contributed by atoms with E-state index in [4.69, 9.17) is 11.2 Å². The molecule has 3 amide bonds. The Morgan fingerprint density at radius 3 is 2.28 bits per heavy atom. The average molecular weight is 437 g/mol. The minimum Gasteiger partial charge on any atom is -0.508 e. The van der Waals surface area contributed by atoms with Gasteiger partial charge < -0.3 is 20.5 Å². The number of hydrogen-bond acceptors (Lipinski definition) is 5. The number of para-hydroxylation sites is 1. The quantitative estimate of drug-likeness (QED) is 0.456. The molecule has 0 radical (unpaired) electrons. The SMILES string of the molecule is C#CN(C(=O)CNC(=O)OC(C)(C)C)C(C(=O)NCc1ccccc1)c1ccccc1O. The summed E-state index contributed by atoms with van der Waals surface area (Å²) in [7, 11) is 0. The molecule has 168 valence electrons. The predicted molar refractivity (Wildman–Crippen MR) is 119 cm³/mol. The number of hydrogen-bond donors (Lipinski definition) is 3. The second-order valence-electron chi connectivity index (χ2n) is 7.91. The molecular formula is C24H27N3O5. The first-order chi connectivity index (χ1) is 15.1. The Bertz CT molecular complexity index is 993. The molecule has 0 aliphatic carbocycles. The maximum atomic E-state index is 13.1. The van der Waals surface area contributed by atoms with Gasteiger partial charge in [0.2, 0.25) is 5.91 Å². The molecule has 0 saturated carbocycles. The summed E-state index contributed by atoms with van der Waals surface area (Å²) in [5.41, 5.74) is 0.262. The van der Waals surface area contributed by atoms with E-state index in [0.717, 1.165) is 10.5 Å². The molecule has 0 aromatic heterocycles. The number of phenolic OH excluding ortho intramolecular Hbond substituents is 1. The summed E-state index contributed by atoms with van der Waals surface area (Å²) in [6, 6.07) is 16.2. The minimum atomic E-state index is -1.31. The fraction of sp³-hybridized carbons (Fsp3) is 0.292. The van der Waals surface area contributed by atoms with E-state index in [9.17, 15) is 19.5 Å². The van der Waals surface area contributed by atoms with Gasteiger partial charge in [-0.3, -0.25) is 14.5 Å². The summed E-state index contributed by atoms with van der Waals surface area (Å²) in [5, 5.41) is 15.4. The highest BCUT2D eigenvalue weighted by molar-refractivity contribution is 5.92. The van der Waals surface area contributed by atoms with Crippen molar-refractivity contribution in [3.05, 3.63) is 65.7 Å². The van der Waals surface area contributed by atoms with Crippen molar-refractivity contribution < 1.29 is 24.2 Å². The van der Waals surface area contributed by atoms with Crippen LogP contribution in [0.15, 0.2) is 54.6 Å². The van der Waals surface area contributed by atoms with Crippen LogP contribution in [0.25, 0.3) is 0 Å². The van der Waals surface area contributed by atoms with Gasteiger partial charge in [0, 0.05) is 18.2 Å². The Morgan fingerprint density at radius 1 is 1.06 bits per heavy atom. The van der Waals surface area contributed by atoms with E-state index in [1.165, 1.54) is 12.1 Å². The molecule has 0 fully saturated rings. The first-order valence-corrected chi connectivity index (χ1v) is 9.97. The molecule has 3 N–H and O–H groups in total. The van der Waals surface area contributed by atoms with Gasteiger partial charge >= 0.3 is 6.09 Å². The third-order valence-corrected chi connectivity index (χ3v) is 4.24. The van der Waals surface area contributed by atoms with Gasteiger partial charge in [-0.25, -0.2) is 4.79 Å². The normalized spacial score (nSPS) is 11.6. The van der Waals surface area contributed by atoms with Crippen LogP contribution in [0.1, 0.15) is 37.9 Å². The molecule has 1 unspecified atom stereocenters. The molecule has 2 aromatic carbocycles. The number of aromatic hydroxyl groups is 1. The zero-order valence-electron chi connectivity index (χ0n) is 18.3. The highest BCUT2D eigenvalue weighted by atomic mass is 16.6. The van der Waals surface area contributed by atoms with Gasteiger partial charge in [-0.2, -0.15) is 0 Å². The summed E-state index contributed by atoms with van der Waals surface area (Å²) >= 11 is 0. The largest absolute Gasteiger partial charge is 0.508 e. The first kappa shape index (κ1) is 24.3. The van der Waals surface area contributed by atoms with Crippen molar-refractivity contribution in [2.75, 3.05) is 6.54 Å². The van der Waals surface area contributed by atoms with Crippen LogP contribution < -0.4 is 10.6 Å². The molecule has 0 aliphatic heterocycles. The number of nitrogens with one attached hydrogen (secondary N) is 2. The van der Waals surface area contributed by atoms with Crippen molar-refractivity contribution in [2.45, 2.75) is 39.0 Å². The third kappa shape index (κ3) is 7.06. The second-order valence-corrected chi connectivity index (χ2v) is 7.91. The van der Waals surface area contributed by atoms with Crippen molar-refractivity contribution in [3.63, 3.8) is 0 Å². The first-order valence-electron chi connectivity index (χ1n) is 9.97. The van der Waals surface area contributed by atoms with Gasteiger partial charge in [0.15, 0.2) is 6.04 Å². The fourth-order valence-corrected chi connectivity index (χ4v) is 2.84. The Labute approximate surface area is 187 Å². The van der Waals surface area contributed by atoms with Gasteiger partial charge in [0.05, 0.1) is 0 Å². The van der Waals surface area contributed by atoms with E-state index >= 15 is 0 Å². The van der Waals surface area contributed by atoms with E-state index in [1.54, 1.807) is 32.9 Å². The standard InChI is InChI=1S/C24H27N3O5/c1-5-27(20(29)16-26-23(31)32-24(2,3)4)21(18-13-9-10-14-19(18)28)22(30)25-15-17-11-7-6-8-12-17/h1,6-14,21,28H,15-16H2,2-4H3,(H,25,30)(H,26,31). The van der Waals surface area contributed by atoms with Crippen LogP contribution >= 0.6 is 0 Å². The number of phenols is 1. The number of terminal acetylenes is 1. The lowest BCUT2D eigenvalue weighted by molar-refractivity contribution is -0.136. The number of nitrogens with zero attached hydrogens (tertiary/aromatic N) is 1. The number of benzene rings is 2. The van der Waals surface area contributed by atoms with Crippen LogP contribution in [0.5, 0.6) is 5.75 Å². The van der Waals surface area contributed by atoms with Gasteiger partial charge in [-0.1, -0.05) is 55.0 Å². The van der Waals surface area contributed by atoms with E-state index < -0.39 is 36.1 Å². The average Bonchev–Trinajstić information content (AvgIpc) is 2.74. The van der Waals surface area contributed by atoms with Crippen LogP contribution in [0, 0.1) is 12.5 Å². The number of carbonyl (C=O) groups excluding carboxylic acids is 3. The highest BCUT2D eigenvalue weighted by Crippen LogP contribution is 2.28. The van der Waals surface area contributed by atoms with E-state index in [0.29, 0.717) is 0 Å². The van der Waals surface area contributed by atoms with E-state index in [-0.39, 0.29) is 17.9 Å². The van der Waals surface area contributed by atoms with Crippen molar-refractivity contribution in [1.82, 2.24) is 15.5 Å². The molecule has 0 heterocycles. The van der Waals surface area contributed by atoms with Crippen molar-refractivity contribution in [1.29, 1.82) is 0 Å². The number of alkyl carbamates (subject to hydrolysis) is 1. The van der Waals surface area contributed by atoms with Gasteiger partial charge in [0.1, 0.15) is 17.9 Å². The summed E-state index contributed by atoms with van der Waals surface area (Å²) in [6.45, 7) is 4.77. The van der Waals surface area contributed by atoms with Crippen molar-refractivity contribution in [2.24, 2.45) is 0 Å². The van der Waals surface area contributed by atoms with Crippen LogP contribution in [-0.2, 0) is 20.9 Å². The second kappa shape index (κ2) is 10.9. The highest BCUT2D eigenvalue weighted by Gasteiger charge is 2.32. The molecule has 0 spiro atoms. The number of carbonyl (C=O) groups is 3. The van der Waals surface area contributed by atoms with Crippen LogP contribution in [0.4, 0.5) is 4.79 Å². The maximum absolute atomic E-state index is 13.1. The van der Waals surface area contributed by atoms with Crippen molar-refractivity contribution >= 4 is 17.9 Å². The molecule has 0 saturated heterocycles. The molecule has 2 rings (SSSR count). The topological polar surface area (TPSA) is 108 Å². The summed E-state index contributed by atoms with van der Waals surface area (Å²) in [4.78, 5) is 38.6. The number of amides is 3. The Hall–Kier alpha value is -3.99. The van der Waals surface area contributed by atoms with Crippen molar-refractivity contribution in [3.8, 4) is 18.2 Å². The van der Waals surface area contributed by atoms with E-state index in [2.05, 4.69) is 16.7 Å². The van der Waals surface area contributed by atoms with Gasteiger partial charge in [-0.15, -0.1) is 0 Å². The molecule has 8 nitrogen and oxygen atoms in total. The Morgan fingerprint density at radius 2 is 1.69 bits per heavy atom. The molecule has 32 heavy (non-hydrogen) atoms. The monoisotopic (exact) mass is 437 g/mol. The molecule has 0 bridgehead atoms. The van der Waals surface area contributed by atoms with E-state index in [1.807, 2.05) is 30.3 Å². The Kier molecular flexibility index (Phi) is 8.24. The van der Waals surface area contributed by atoms with Crippen LogP contribution in [0.2, 0.25) is 0 Å². The molecule has 0 aliphatic rings. The summed E-state index contributed by atoms with van der Waals surface area (Å²) in [5.74, 6) is -1.50. The zero-order valence-corrected chi connectivity index (χ0v) is 18.3. The summed E-state index contributed by atoms with van der Waals surface area (Å²) in [6.07, 6.45) is 4.77. The van der Waals surface area contributed by atoms with Crippen LogP contribution in [-0.4, -0.2) is 40.1 Å². The maximum Gasteiger partial charge on any atom is 0.408 e. The number of rotatable bonds is 7. The fourth-order valence-electron chi connectivity index (χ4n) is 2.84. The van der Waals surface area contributed by atoms with Crippen LogP contribution in [0.3, 0.4) is 0 Å². The summed E-state index contributed by atoms with van der Waals surface area (Å²) < 4.78 is 5.11. The molecule has 1 atom stereocenters. The van der Waals surface area contributed by atoms with Gasteiger partial charge in [0.25, 0.3) is 5.91 Å². The smallest absolute Gasteiger partial charge is 0.408 e. The minimum absolute atomic E-state index is 0.154. The molecule has 8 heteroatoms. The molecule has 2 aromatic rings. The predicted octanol–water partition coefficient (Wildman–Crippen LogP) is 2.69. The zero-order chi connectivity index (χ0) is 23.7. The number of ether oxygens (including phenoxy) is 1. The van der Waals surface area contributed by atoms with Gasteiger partial charge in [-0.05, 0) is 32.4 Å². The lowest BCUT2D eigenvalue weighted by atomic mass is 10.0.